The Kier molecular flexibility index (Phi) is 4.44. The van der Waals surface area contributed by atoms with E-state index in [0.29, 0.717) is 4.64 Å². The van der Waals surface area contributed by atoms with E-state index < -0.39 is 0 Å². The maximum Gasteiger partial charge on any atom is 0.137 e. The lowest BCUT2D eigenvalue weighted by Gasteiger charge is -2.14. The van der Waals surface area contributed by atoms with Crippen molar-refractivity contribution in [3.05, 3.63) is 28.9 Å². The number of hydrogen-bond donors (Lipinski definition) is 1. The van der Waals surface area contributed by atoms with Crippen molar-refractivity contribution in [3.8, 4) is 11.3 Å². The van der Waals surface area contributed by atoms with Crippen molar-refractivity contribution in [1.82, 2.24) is 19.7 Å². The summed E-state index contributed by atoms with van der Waals surface area (Å²) in [6.07, 6.45) is 5.62. The second-order valence-electron chi connectivity index (χ2n) is 4.43. The summed E-state index contributed by atoms with van der Waals surface area (Å²) in [5.74, 6) is 0.774. The van der Waals surface area contributed by atoms with Gasteiger partial charge in [-0.15, -0.1) is 0 Å². The fourth-order valence-corrected chi connectivity index (χ4v) is 2.19. The second kappa shape index (κ2) is 6.08. The highest BCUT2D eigenvalue weighted by atomic mass is 32.1. The van der Waals surface area contributed by atoms with Gasteiger partial charge in [0.05, 0.1) is 11.9 Å². The van der Waals surface area contributed by atoms with Gasteiger partial charge in [-0.2, -0.15) is 5.10 Å². The molecule has 5 nitrogen and oxygen atoms in total. The molecular formula is C13H18N4OS. The maximum absolute atomic E-state index is 5.47. The molecule has 1 unspecified atom stereocenters. The standard InChI is InChI=1S/C13H18N4OS/c1-4-5-11(18-3)13-15-10(6-12(19)16-13)9-7-14-17(2)8-9/h6-8,11H,4-5H2,1-3H3,(H,15,16,19). The zero-order valence-electron chi connectivity index (χ0n) is 11.4. The Morgan fingerprint density at radius 3 is 2.89 bits per heavy atom. The number of rotatable bonds is 5. The van der Waals surface area contributed by atoms with E-state index in [1.807, 2.05) is 19.3 Å². The normalized spacial score (nSPS) is 12.6. The Morgan fingerprint density at radius 1 is 1.53 bits per heavy atom. The first-order chi connectivity index (χ1) is 9.13. The third-order valence-electron chi connectivity index (χ3n) is 2.92. The van der Waals surface area contributed by atoms with Crippen LogP contribution in [0.1, 0.15) is 31.7 Å². The molecule has 1 atom stereocenters. The quantitative estimate of drug-likeness (QED) is 0.854. The zero-order valence-corrected chi connectivity index (χ0v) is 12.2. The molecule has 1 N–H and O–H groups in total. The van der Waals surface area contributed by atoms with Crippen LogP contribution in [-0.4, -0.2) is 26.9 Å². The maximum atomic E-state index is 5.47. The van der Waals surface area contributed by atoms with E-state index in [2.05, 4.69) is 22.0 Å². The van der Waals surface area contributed by atoms with E-state index in [9.17, 15) is 0 Å². The van der Waals surface area contributed by atoms with Crippen LogP contribution >= 0.6 is 12.2 Å². The smallest absolute Gasteiger partial charge is 0.137 e. The number of nitrogens with one attached hydrogen (secondary N) is 1. The van der Waals surface area contributed by atoms with Crippen molar-refractivity contribution in [2.24, 2.45) is 7.05 Å². The molecule has 2 aromatic rings. The van der Waals surface area contributed by atoms with Crippen LogP contribution in [0.25, 0.3) is 11.3 Å². The Hall–Kier alpha value is -1.53. The summed E-state index contributed by atoms with van der Waals surface area (Å²) in [7, 11) is 3.57. The number of aryl methyl sites for hydroxylation is 1. The molecule has 0 saturated carbocycles. The molecule has 102 valence electrons. The van der Waals surface area contributed by atoms with Crippen LogP contribution in [0.2, 0.25) is 0 Å². The molecule has 0 aliphatic heterocycles. The lowest BCUT2D eigenvalue weighted by molar-refractivity contribution is 0.0876. The van der Waals surface area contributed by atoms with E-state index in [1.165, 1.54) is 0 Å². The molecule has 2 heterocycles. The fourth-order valence-electron chi connectivity index (χ4n) is 1.97. The molecule has 0 aromatic carbocycles. The van der Waals surface area contributed by atoms with Crippen LogP contribution in [0, 0.1) is 4.64 Å². The summed E-state index contributed by atoms with van der Waals surface area (Å²) in [5.41, 5.74) is 1.91. The van der Waals surface area contributed by atoms with Gasteiger partial charge in [0.25, 0.3) is 0 Å². The monoisotopic (exact) mass is 278 g/mol. The molecule has 2 aromatic heterocycles. The van der Waals surface area contributed by atoms with Crippen molar-refractivity contribution in [3.63, 3.8) is 0 Å². The summed E-state index contributed by atoms with van der Waals surface area (Å²) >= 11 is 5.23. The largest absolute Gasteiger partial charge is 0.374 e. The van der Waals surface area contributed by atoms with Crippen LogP contribution in [-0.2, 0) is 11.8 Å². The Bertz CT molecular complexity index is 605. The second-order valence-corrected chi connectivity index (χ2v) is 4.85. The Balaban J connectivity index is 2.42. The lowest BCUT2D eigenvalue weighted by Crippen LogP contribution is -2.07. The summed E-state index contributed by atoms with van der Waals surface area (Å²) in [5, 5.41) is 4.16. The van der Waals surface area contributed by atoms with Gasteiger partial charge in [-0.05, 0) is 12.5 Å². The first-order valence-electron chi connectivity index (χ1n) is 6.27. The van der Waals surface area contributed by atoms with Gasteiger partial charge < -0.3 is 9.72 Å². The van der Waals surface area contributed by atoms with Gasteiger partial charge >= 0.3 is 0 Å². The summed E-state index contributed by atoms with van der Waals surface area (Å²) < 4.78 is 7.78. The molecule has 0 spiro atoms. The molecule has 0 fully saturated rings. The molecule has 0 radical (unpaired) electrons. The number of methoxy groups -OCH3 is 1. The molecular weight excluding hydrogens is 260 g/mol. The van der Waals surface area contributed by atoms with Crippen molar-refractivity contribution in [2.75, 3.05) is 7.11 Å². The SMILES string of the molecule is CCCC(OC)c1nc(=S)cc(-c2cnn(C)c2)[nH]1. The molecule has 19 heavy (non-hydrogen) atoms. The minimum Gasteiger partial charge on any atom is -0.374 e. The van der Waals surface area contributed by atoms with E-state index >= 15 is 0 Å². The third-order valence-corrected chi connectivity index (χ3v) is 3.13. The Morgan fingerprint density at radius 2 is 2.32 bits per heavy atom. The first kappa shape index (κ1) is 13.9. The molecule has 0 bridgehead atoms. The topological polar surface area (TPSA) is 55.7 Å². The number of ether oxygens (including phenoxy) is 1. The predicted octanol–water partition coefficient (Wildman–Crippen LogP) is 3.03. The van der Waals surface area contributed by atoms with Crippen molar-refractivity contribution in [2.45, 2.75) is 25.9 Å². The van der Waals surface area contributed by atoms with Gasteiger partial charge in [0.1, 0.15) is 16.6 Å². The van der Waals surface area contributed by atoms with E-state index in [0.717, 1.165) is 29.9 Å². The third kappa shape index (κ3) is 3.27. The zero-order chi connectivity index (χ0) is 13.8. The number of hydrogen-bond acceptors (Lipinski definition) is 4. The van der Waals surface area contributed by atoms with Crippen LogP contribution in [0.15, 0.2) is 18.5 Å². The van der Waals surface area contributed by atoms with E-state index in [4.69, 9.17) is 17.0 Å². The van der Waals surface area contributed by atoms with Crippen LogP contribution < -0.4 is 0 Å². The van der Waals surface area contributed by atoms with Crippen LogP contribution in [0.4, 0.5) is 0 Å². The highest BCUT2D eigenvalue weighted by Gasteiger charge is 2.13. The molecule has 2 rings (SSSR count). The van der Waals surface area contributed by atoms with Crippen molar-refractivity contribution >= 4 is 12.2 Å². The molecule has 0 amide bonds. The summed E-state index contributed by atoms with van der Waals surface area (Å²) in [4.78, 5) is 7.66. The highest BCUT2D eigenvalue weighted by molar-refractivity contribution is 7.71. The number of aromatic amines is 1. The number of H-pyrrole nitrogens is 1. The van der Waals surface area contributed by atoms with Gasteiger partial charge in [-0.3, -0.25) is 4.68 Å². The molecule has 0 saturated heterocycles. The summed E-state index contributed by atoms with van der Waals surface area (Å²) in [6.45, 7) is 2.12. The summed E-state index contributed by atoms with van der Waals surface area (Å²) in [6, 6.07) is 1.84. The molecule has 6 heteroatoms. The number of nitrogens with zero attached hydrogens (tertiary/aromatic N) is 3. The van der Waals surface area contributed by atoms with Crippen molar-refractivity contribution in [1.29, 1.82) is 0 Å². The van der Waals surface area contributed by atoms with Crippen molar-refractivity contribution < 1.29 is 4.74 Å². The lowest BCUT2D eigenvalue weighted by atomic mass is 10.2. The highest BCUT2D eigenvalue weighted by Crippen LogP contribution is 2.22. The first-order valence-corrected chi connectivity index (χ1v) is 6.68. The van der Waals surface area contributed by atoms with Gasteiger partial charge in [-0.1, -0.05) is 25.6 Å². The van der Waals surface area contributed by atoms with Gasteiger partial charge in [0, 0.05) is 25.9 Å². The van der Waals surface area contributed by atoms with Gasteiger partial charge in [0.15, 0.2) is 0 Å². The minimum absolute atomic E-state index is 0.0525. The minimum atomic E-state index is -0.0525. The fraction of sp³-hybridized carbons (Fsp3) is 0.462. The van der Waals surface area contributed by atoms with Crippen LogP contribution in [0.5, 0.6) is 0 Å². The van der Waals surface area contributed by atoms with Gasteiger partial charge in [0.2, 0.25) is 0 Å². The Labute approximate surface area is 117 Å². The van der Waals surface area contributed by atoms with Gasteiger partial charge in [-0.25, -0.2) is 4.98 Å². The predicted molar refractivity (Wildman–Crippen MR) is 76.3 cm³/mol. The molecule has 0 aliphatic carbocycles. The number of aromatic nitrogens is 4. The average Bonchev–Trinajstić information content (AvgIpc) is 2.82. The average molecular weight is 278 g/mol. The van der Waals surface area contributed by atoms with Crippen LogP contribution in [0.3, 0.4) is 0 Å². The van der Waals surface area contributed by atoms with E-state index in [1.54, 1.807) is 18.0 Å². The van der Waals surface area contributed by atoms with E-state index in [-0.39, 0.29) is 6.10 Å². The molecule has 0 aliphatic rings.